The van der Waals surface area contributed by atoms with Crippen LogP contribution in [0.5, 0.6) is 5.75 Å². The summed E-state index contributed by atoms with van der Waals surface area (Å²) in [4.78, 5) is 31.2. The molecule has 0 aliphatic carbocycles. The highest BCUT2D eigenvalue weighted by Crippen LogP contribution is 2.29. The third kappa shape index (κ3) is 4.77. The Hall–Kier alpha value is -3.39. The van der Waals surface area contributed by atoms with Crippen molar-refractivity contribution >= 4 is 28.2 Å². The standard InChI is InChI=1S/C26H31FN4O3/c1-17(2)16-31-22-8-6-5-7-21(22)24(34-4)23(26(31)33)25(32)28-19-13-18(27)14-20(15-19)30-11-9-29(3)10-12-30/h5-8,13-15,17H,9-12,16H2,1-4H3,(H,28,32). The number of para-hydroxylation sites is 1. The third-order valence-corrected chi connectivity index (χ3v) is 6.11. The van der Waals surface area contributed by atoms with Crippen molar-refractivity contribution in [3.8, 4) is 5.75 Å². The van der Waals surface area contributed by atoms with Crippen molar-refractivity contribution in [2.24, 2.45) is 5.92 Å². The Balaban J connectivity index is 1.74. The van der Waals surface area contributed by atoms with Gasteiger partial charge in [-0.3, -0.25) is 9.59 Å². The Kier molecular flexibility index (Phi) is 6.88. The molecular weight excluding hydrogens is 435 g/mol. The number of rotatable bonds is 6. The second-order valence-corrected chi connectivity index (χ2v) is 9.18. The summed E-state index contributed by atoms with van der Waals surface area (Å²) in [6.45, 7) is 7.77. The van der Waals surface area contributed by atoms with E-state index in [1.807, 2.05) is 38.1 Å². The minimum Gasteiger partial charge on any atom is -0.495 e. The van der Waals surface area contributed by atoms with E-state index < -0.39 is 17.3 Å². The average molecular weight is 467 g/mol. The van der Waals surface area contributed by atoms with E-state index >= 15 is 0 Å². The van der Waals surface area contributed by atoms with Gasteiger partial charge in [0.15, 0.2) is 0 Å². The molecule has 0 saturated carbocycles. The van der Waals surface area contributed by atoms with Crippen molar-refractivity contribution in [1.29, 1.82) is 0 Å². The first kappa shape index (κ1) is 23.8. The van der Waals surface area contributed by atoms with E-state index in [1.165, 1.54) is 19.2 Å². The second-order valence-electron chi connectivity index (χ2n) is 9.18. The predicted molar refractivity (Wildman–Crippen MR) is 134 cm³/mol. The Morgan fingerprint density at radius 2 is 1.82 bits per heavy atom. The van der Waals surface area contributed by atoms with Crippen LogP contribution in [0.4, 0.5) is 15.8 Å². The number of nitrogens with one attached hydrogen (secondary N) is 1. The number of ether oxygens (including phenoxy) is 1. The van der Waals surface area contributed by atoms with Crippen LogP contribution in [-0.2, 0) is 6.54 Å². The van der Waals surface area contributed by atoms with E-state index in [2.05, 4.69) is 22.2 Å². The highest BCUT2D eigenvalue weighted by atomic mass is 19.1. The first-order valence-corrected chi connectivity index (χ1v) is 11.5. The van der Waals surface area contributed by atoms with Crippen molar-refractivity contribution in [3.05, 3.63) is 64.2 Å². The number of piperazine rings is 1. The normalized spacial score (nSPS) is 14.6. The van der Waals surface area contributed by atoms with Gasteiger partial charge in [-0.1, -0.05) is 26.0 Å². The lowest BCUT2D eigenvalue weighted by Gasteiger charge is -2.34. The van der Waals surface area contributed by atoms with Crippen LogP contribution in [0, 0.1) is 11.7 Å². The number of amides is 1. The van der Waals surface area contributed by atoms with E-state index in [-0.39, 0.29) is 17.2 Å². The summed E-state index contributed by atoms with van der Waals surface area (Å²) in [7, 11) is 3.50. The molecule has 1 aliphatic rings. The van der Waals surface area contributed by atoms with Crippen molar-refractivity contribution in [2.45, 2.75) is 20.4 Å². The lowest BCUT2D eigenvalue weighted by molar-refractivity contribution is 0.102. The van der Waals surface area contributed by atoms with Crippen LogP contribution in [0.2, 0.25) is 0 Å². The van der Waals surface area contributed by atoms with Gasteiger partial charge in [-0.05, 0) is 43.3 Å². The number of halogens is 1. The molecule has 4 rings (SSSR count). The zero-order valence-electron chi connectivity index (χ0n) is 20.1. The largest absolute Gasteiger partial charge is 0.495 e. The molecule has 1 saturated heterocycles. The second kappa shape index (κ2) is 9.85. The SMILES string of the molecule is COc1c(C(=O)Nc2cc(F)cc(N3CCN(C)CC3)c2)c(=O)n(CC(C)C)c2ccccc12. The molecule has 34 heavy (non-hydrogen) atoms. The topological polar surface area (TPSA) is 66.8 Å². The summed E-state index contributed by atoms with van der Waals surface area (Å²) in [5.74, 6) is -0.664. The van der Waals surface area contributed by atoms with Crippen molar-refractivity contribution in [3.63, 3.8) is 0 Å². The summed E-state index contributed by atoms with van der Waals surface area (Å²) in [6, 6.07) is 11.8. The van der Waals surface area contributed by atoms with E-state index in [0.29, 0.717) is 28.8 Å². The molecule has 0 atom stereocenters. The maximum atomic E-state index is 14.5. The number of anilines is 2. The summed E-state index contributed by atoms with van der Waals surface area (Å²) in [6.07, 6.45) is 0. The number of hydrogen-bond donors (Lipinski definition) is 1. The van der Waals surface area contributed by atoms with E-state index in [9.17, 15) is 14.0 Å². The first-order valence-electron chi connectivity index (χ1n) is 11.5. The summed E-state index contributed by atoms with van der Waals surface area (Å²) in [5.41, 5.74) is 1.18. The molecule has 1 aliphatic heterocycles. The maximum Gasteiger partial charge on any atom is 0.267 e. The first-order chi connectivity index (χ1) is 16.3. The van der Waals surface area contributed by atoms with Crippen LogP contribution in [0.25, 0.3) is 10.9 Å². The molecule has 0 unspecified atom stereocenters. The van der Waals surface area contributed by atoms with Crippen LogP contribution in [0.3, 0.4) is 0 Å². The number of aromatic nitrogens is 1. The Morgan fingerprint density at radius 1 is 1.12 bits per heavy atom. The van der Waals surface area contributed by atoms with Gasteiger partial charge >= 0.3 is 0 Å². The number of fused-ring (bicyclic) bond motifs is 1. The fourth-order valence-corrected chi connectivity index (χ4v) is 4.42. The van der Waals surface area contributed by atoms with E-state index in [4.69, 9.17) is 4.74 Å². The molecule has 1 fully saturated rings. The minimum atomic E-state index is -0.625. The van der Waals surface area contributed by atoms with Gasteiger partial charge in [0, 0.05) is 49.5 Å². The predicted octanol–water partition coefficient (Wildman–Crippen LogP) is 3.81. The van der Waals surface area contributed by atoms with Crippen molar-refractivity contribution in [2.75, 3.05) is 50.6 Å². The highest BCUT2D eigenvalue weighted by molar-refractivity contribution is 6.09. The van der Waals surface area contributed by atoms with Gasteiger partial charge in [-0.15, -0.1) is 0 Å². The fourth-order valence-electron chi connectivity index (χ4n) is 4.42. The van der Waals surface area contributed by atoms with Gasteiger partial charge in [0.1, 0.15) is 17.1 Å². The Labute approximate surface area is 198 Å². The summed E-state index contributed by atoms with van der Waals surface area (Å²) >= 11 is 0. The number of nitrogens with zero attached hydrogens (tertiary/aromatic N) is 3. The number of carbonyl (C=O) groups excluding carboxylic acids is 1. The molecular formula is C26H31FN4O3. The summed E-state index contributed by atoms with van der Waals surface area (Å²) in [5, 5.41) is 3.41. The fraction of sp³-hybridized carbons (Fsp3) is 0.385. The highest BCUT2D eigenvalue weighted by Gasteiger charge is 2.24. The number of carbonyl (C=O) groups is 1. The molecule has 2 aromatic carbocycles. The van der Waals surface area contributed by atoms with Crippen molar-refractivity contribution < 1.29 is 13.9 Å². The lowest BCUT2D eigenvalue weighted by atomic mass is 10.1. The van der Waals surface area contributed by atoms with Crippen LogP contribution in [-0.4, -0.2) is 55.7 Å². The zero-order chi connectivity index (χ0) is 24.4. The molecule has 0 bridgehead atoms. The molecule has 1 N–H and O–H groups in total. The number of likely N-dealkylation sites (N-methyl/N-ethyl adjacent to an activating group) is 1. The molecule has 1 amide bonds. The van der Waals surface area contributed by atoms with E-state index in [0.717, 1.165) is 26.2 Å². The molecule has 0 radical (unpaired) electrons. The number of methoxy groups -OCH3 is 1. The van der Waals surface area contributed by atoms with Crippen LogP contribution >= 0.6 is 0 Å². The smallest absolute Gasteiger partial charge is 0.267 e. The summed E-state index contributed by atoms with van der Waals surface area (Å²) < 4.78 is 21.6. The minimum absolute atomic E-state index is 0.0905. The number of benzene rings is 2. The van der Waals surface area contributed by atoms with Gasteiger partial charge in [-0.25, -0.2) is 4.39 Å². The zero-order valence-corrected chi connectivity index (χ0v) is 20.1. The van der Waals surface area contributed by atoms with Crippen LogP contribution in [0.15, 0.2) is 47.3 Å². The van der Waals surface area contributed by atoms with Gasteiger partial charge in [0.2, 0.25) is 0 Å². The van der Waals surface area contributed by atoms with Crippen molar-refractivity contribution in [1.82, 2.24) is 9.47 Å². The van der Waals surface area contributed by atoms with Gasteiger partial charge < -0.3 is 24.4 Å². The van der Waals surface area contributed by atoms with Crippen LogP contribution in [0.1, 0.15) is 24.2 Å². The monoisotopic (exact) mass is 466 g/mol. The lowest BCUT2D eigenvalue weighted by Crippen LogP contribution is -2.44. The number of hydrogen-bond acceptors (Lipinski definition) is 5. The molecule has 2 heterocycles. The number of pyridine rings is 1. The van der Waals surface area contributed by atoms with Crippen LogP contribution < -0.4 is 20.5 Å². The van der Waals surface area contributed by atoms with Gasteiger partial charge in [-0.2, -0.15) is 0 Å². The molecule has 7 nitrogen and oxygen atoms in total. The molecule has 180 valence electrons. The Morgan fingerprint density at radius 3 is 2.50 bits per heavy atom. The molecule has 0 spiro atoms. The average Bonchev–Trinajstić information content (AvgIpc) is 2.80. The molecule has 3 aromatic rings. The maximum absolute atomic E-state index is 14.5. The van der Waals surface area contributed by atoms with Gasteiger partial charge in [0.25, 0.3) is 11.5 Å². The third-order valence-electron chi connectivity index (χ3n) is 6.11. The molecule has 1 aromatic heterocycles. The quantitative estimate of drug-likeness (QED) is 0.599. The Bertz CT molecular complexity index is 1260. The van der Waals surface area contributed by atoms with Gasteiger partial charge in [0.05, 0.1) is 12.6 Å². The molecule has 8 heteroatoms. The van der Waals surface area contributed by atoms with E-state index in [1.54, 1.807) is 10.6 Å².